The van der Waals surface area contributed by atoms with E-state index >= 15 is 0 Å². The standard InChI is InChI=1S/C15H16IN3O2/c16-14-5-10-4-12(17-6-13(10)21-14)15(20)18-11-3-9-1-2-19(7-9)8-11/h4-6,9,11H,1-3,7-8H2,(H,18,20). The predicted molar refractivity (Wildman–Crippen MR) is 87.1 cm³/mol. The van der Waals surface area contributed by atoms with Gasteiger partial charge < -0.3 is 14.6 Å². The Kier molecular flexibility index (Phi) is 3.37. The number of carbonyl (C=O) groups is 1. The van der Waals surface area contributed by atoms with Gasteiger partial charge in [0.05, 0.1) is 6.20 Å². The zero-order chi connectivity index (χ0) is 14.4. The second-order valence-electron chi connectivity index (χ2n) is 5.98. The molecule has 21 heavy (non-hydrogen) atoms. The molecular weight excluding hydrogens is 381 g/mol. The van der Waals surface area contributed by atoms with E-state index in [1.165, 1.54) is 19.5 Å². The Morgan fingerprint density at radius 1 is 1.43 bits per heavy atom. The molecular formula is C15H16IN3O2. The minimum atomic E-state index is -0.0828. The maximum absolute atomic E-state index is 12.4. The summed E-state index contributed by atoms with van der Waals surface area (Å²) in [6.45, 7) is 3.34. The molecule has 0 spiro atoms. The van der Waals surface area contributed by atoms with Crippen LogP contribution in [0.4, 0.5) is 0 Å². The summed E-state index contributed by atoms with van der Waals surface area (Å²) < 4.78 is 6.28. The Hall–Kier alpha value is -1.15. The van der Waals surface area contributed by atoms with Crippen molar-refractivity contribution in [3.63, 3.8) is 0 Å². The molecule has 2 aromatic heterocycles. The van der Waals surface area contributed by atoms with E-state index in [1.54, 1.807) is 12.3 Å². The van der Waals surface area contributed by atoms with Crippen molar-refractivity contribution >= 4 is 39.5 Å². The van der Waals surface area contributed by atoms with E-state index in [-0.39, 0.29) is 11.9 Å². The third-order valence-electron chi connectivity index (χ3n) is 4.41. The van der Waals surface area contributed by atoms with Crippen LogP contribution in [0.1, 0.15) is 23.3 Å². The molecule has 0 radical (unpaired) electrons. The van der Waals surface area contributed by atoms with Gasteiger partial charge in [-0.1, -0.05) is 0 Å². The van der Waals surface area contributed by atoms with Crippen molar-refractivity contribution in [2.45, 2.75) is 18.9 Å². The Morgan fingerprint density at radius 3 is 3.19 bits per heavy atom. The summed E-state index contributed by atoms with van der Waals surface area (Å²) in [5.41, 5.74) is 1.19. The minimum Gasteiger partial charge on any atom is -0.449 e. The van der Waals surface area contributed by atoms with E-state index in [0.29, 0.717) is 5.69 Å². The van der Waals surface area contributed by atoms with Crippen LogP contribution in [-0.4, -0.2) is 41.5 Å². The van der Waals surface area contributed by atoms with Crippen LogP contribution >= 0.6 is 22.6 Å². The van der Waals surface area contributed by atoms with Crippen molar-refractivity contribution in [3.8, 4) is 0 Å². The van der Waals surface area contributed by atoms with Gasteiger partial charge in [0.1, 0.15) is 5.69 Å². The summed E-state index contributed by atoms with van der Waals surface area (Å²) in [6.07, 6.45) is 3.98. The molecule has 1 N–H and O–H groups in total. The summed E-state index contributed by atoms with van der Waals surface area (Å²) in [5, 5.41) is 4.06. The van der Waals surface area contributed by atoms with Gasteiger partial charge in [0, 0.05) is 24.5 Å². The number of aromatic nitrogens is 1. The maximum Gasteiger partial charge on any atom is 0.270 e. The van der Waals surface area contributed by atoms with Crippen molar-refractivity contribution in [1.29, 1.82) is 0 Å². The molecule has 2 fully saturated rings. The highest BCUT2D eigenvalue weighted by molar-refractivity contribution is 14.1. The van der Waals surface area contributed by atoms with Gasteiger partial charge in [-0.3, -0.25) is 4.79 Å². The summed E-state index contributed by atoms with van der Waals surface area (Å²) in [6, 6.07) is 3.97. The summed E-state index contributed by atoms with van der Waals surface area (Å²) in [4.78, 5) is 19.0. The molecule has 2 aromatic rings. The zero-order valence-electron chi connectivity index (χ0n) is 11.5. The lowest BCUT2D eigenvalue weighted by atomic mass is 9.97. The van der Waals surface area contributed by atoms with Crippen LogP contribution < -0.4 is 5.32 Å². The van der Waals surface area contributed by atoms with E-state index in [9.17, 15) is 4.79 Å². The molecule has 3 atom stereocenters. The van der Waals surface area contributed by atoms with Gasteiger partial charge in [0.2, 0.25) is 0 Å². The number of halogens is 1. The maximum atomic E-state index is 12.4. The van der Waals surface area contributed by atoms with Gasteiger partial charge in [-0.05, 0) is 60.0 Å². The average molecular weight is 397 g/mol. The van der Waals surface area contributed by atoms with E-state index in [0.717, 1.165) is 33.6 Å². The van der Waals surface area contributed by atoms with Crippen LogP contribution in [0.3, 0.4) is 0 Å². The molecule has 1 amide bonds. The highest BCUT2D eigenvalue weighted by atomic mass is 127. The molecule has 6 heteroatoms. The first-order chi connectivity index (χ1) is 10.2. The SMILES string of the molecule is O=C(NC1CC2CCN(C2)C1)c1cc2cc(I)oc2cn1. The molecule has 0 aromatic carbocycles. The molecule has 5 nitrogen and oxygen atoms in total. The van der Waals surface area contributed by atoms with Gasteiger partial charge >= 0.3 is 0 Å². The zero-order valence-corrected chi connectivity index (χ0v) is 13.7. The number of nitrogens with zero attached hydrogens (tertiary/aromatic N) is 2. The summed E-state index contributed by atoms with van der Waals surface area (Å²) in [5.74, 6) is 0.663. The molecule has 2 aliphatic heterocycles. The van der Waals surface area contributed by atoms with Gasteiger partial charge in [-0.15, -0.1) is 0 Å². The number of rotatable bonds is 2. The predicted octanol–water partition coefficient (Wildman–Crippen LogP) is 2.26. The minimum absolute atomic E-state index is 0.0828. The van der Waals surface area contributed by atoms with Crippen LogP contribution in [0.5, 0.6) is 0 Å². The fourth-order valence-corrected chi connectivity index (χ4v) is 4.03. The Bertz CT molecular complexity index is 687. The largest absolute Gasteiger partial charge is 0.449 e. The molecule has 4 rings (SSSR count). The van der Waals surface area contributed by atoms with E-state index in [1.807, 2.05) is 6.07 Å². The first-order valence-electron chi connectivity index (χ1n) is 7.26. The lowest BCUT2D eigenvalue weighted by Gasteiger charge is -2.30. The van der Waals surface area contributed by atoms with Gasteiger partial charge in [-0.25, -0.2) is 4.98 Å². The molecule has 110 valence electrons. The number of nitrogens with one attached hydrogen (secondary N) is 1. The third-order valence-corrected chi connectivity index (χ3v) is 4.94. The first-order valence-corrected chi connectivity index (χ1v) is 8.33. The molecule has 4 heterocycles. The van der Waals surface area contributed by atoms with Crippen molar-refractivity contribution in [1.82, 2.24) is 15.2 Å². The van der Waals surface area contributed by atoms with Gasteiger partial charge in [0.25, 0.3) is 5.91 Å². The smallest absolute Gasteiger partial charge is 0.270 e. The number of hydrogen-bond acceptors (Lipinski definition) is 4. The number of furan rings is 1. The van der Waals surface area contributed by atoms with E-state index < -0.39 is 0 Å². The van der Waals surface area contributed by atoms with Crippen molar-refractivity contribution in [3.05, 3.63) is 27.8 Å². The molecule has 0 aliphatic carbocycles. The molecule has 0 saturated carbocycles. The number of hydrogen-bond donors (Lipinski definition) is 1. The van der Waals surface area contributed by atoms with Crippen molar-refractivity contribution in [2.24, 2.45) is 5.92 Å². The van der Waals surface area contributed by atoms with Crippen LogP contribution in [0.25, 0.3) is 11.0 Å². The number of amides is 1. The number of pyridine rings is 1. The van der Waals surface area contributed by atoms with Crippen molar-refractivity contribution in [2.75, 3.05) is 19.6 Å². The second kappa shape index (κ2) is 5.24. The highest BCUT2D eigenvalue weighted by Gasteiger charge is 2.33. The van der Waals surface area contributed by atoms with Crippen LogP contribution in [0, 0.1) is 9.68 Å². The van der Waals surface area contributed by atoms with E-state index in [4.69, 9.17) is 4.42 Å². The summed E-state index contributed by atoms with van der Waals surface area (Å²) >= 11 is 2.12. The first kappa shape index (κ1) is 13.5. The van der Waals surface area contributed by atoms with Gasteiger partial charge in [0.15, 0.2) is 9.35 Å². The van der Waals surface area contributed by atoms with Crippen LogP contribution in [0.2, 0.25) is 0 Å². The molecule has 3 unspecified atom stereocenters. The normalized spacial score (nSPS) is 28.0. The lowest BCUT2D eigenvalue weighted by Crippen LogP contribution is -2.47. The van der Waals surface area contributed by atoms with Crippen LogP contribution in [-0.2, 0) is 0 Å². The van der Waals surface area contributed by atoms with Gasteiger partial charge in [-0.2, -0.15) is 0 Å². The Morgan fingerprint density at radius 2 is 2.33 bits per heavy atom. The second-order valence-corrected chi connectivity index (χ2v) is 7.04. The molecule has 2 saturated heterocycles. The fourth-order valence-electron chi connectivity index (χ4n) is 3.46. The average Bonchev–Trinajstić information content (AvgIpc) is 2.99. The molecule has 2 bridgehead atoms. The monoisotopic (exact) mass is 397 g/mol. The quantitative estimate of drug-likeness (QED) is 0.791. The number of carbonyl (C=O) groups excluding carboxylic acids is 1. The Labute approximate surface area is 136 Å². The van der Waals surface area contributed by atoms with Crippen LogP contribution in [0.15, 0.2) is 22.7 Å². The summed E-state index contributed by atoms with van der Waals surface area (Å²) in [7, 11) is 0. The highest BCUT2D eigenvalue weighted by Crippen LogP contribution is 2.27. The Balaban J connectivity index is 1.50. The van der Waals surface area contributed by atoms with E-state index in [2.05, 4.69) is 37.8 Å². The number of piperidine rings is 1. The molecule has 2 aliphatic rings. The number of fused-ring (bicyclic) bond motifs is 3. The lowest BCUT2D eigenvalue weighted by molar-refractivity contribution is 0.0904. The van der Waals surface area contributed by atoms with Crippen molar-refractivity contribution < 1.29 is 9.21 Å². The third kappa shape index (κ3) is 2.66. The fraction of sp³-hybridized carbons (Fsp3) is 0.467. The topological polar surface area (TPSA) is 58.4 Å².